The molecule has 3 aromatic heterocycles. The van der Waals surface area contributed by atoms with Crippen molar-refractivity contribution in [2.24, 2.45) is 0 Å². The number of furan rings is 1. The first-order chi connectivity index (χ1) is 14.7. The third-order valence-electron chi connectivity index (χ3n) is 5.87. The molecule has 1 aliphatic rings. The smallest absolute Gasteiger partial charge is 0.126 e. The Bertz CT molecular complexity index is 1140. The van der Waals surface area contributed by atoms with Crippen LogP contribution in [0.5, 0.6) is 5.75 Å². The molecule has 4 heterocycles. The lowest BCUT2D eigenvalue weighted by Gasteiger charge is -2.38. The number of aromatic nitrogens is 3. The predicted molar refractivity (Wildman–Crippen MR) is 114 cm³/mol. The number of rotatable bonds is 5. The molecule has 7 heteroatoms. The van der Waals surface area contributed by atoms with Gasteiger partial charge in [-0.25, -0.2) is 4.52 Å². The second kappa shape index (κ2) is 7.93. The van der Waals surface area contributed by atoms with Gasteiger partial charge >= 0.3 is 0 Å². The molecule has 0 spiro atoms. The predicted octanol–water partition coefficient (Wildman–Crippen LogP) is 3.49. The highest BCUT2D eigenvalue weighted by molar-refractivity contribution is 5.71. The minimum absolute atomic E-state index is 0.184. The molecular formula is C23H25N5O2. The summed E-state index contributed by atoms with van der Waals surface area (Å²) in [5.41, 5.74) is 4.13. The summed E-state index contributed by atoms with van der Waals surface area (Å²) in [6.45, 7) is 3.68. The van der Waals surface area contributed by atoms with Crippen molar-refractivity contribution in [2.45, 2.75) is 12.6 Å². The molecule has 1 atom stereocenters. The van der Waals surface area contributed by atoms with Crippen LogP contribution >= 0.6 is 0 Å². The zero-order valence-corrected chi connectivity index (χ0v) is 17.2. The van der Waals surface area contributed by atoms with Crippen molar-refractivity contribution in [3.63, 3.8) is 0 Å². The molecule has 0 bridgehead atoms. The number of ether oxygens (including phenoxy) is 1. The molecule has 0 amide bonds. The Morgan fingerprint density at radius 1 is 1.10 bits per heavy atom. The molecule has 0 unspecified atom stereocenters. The molecule has 1 aliphatic heterocycles. The molecule has 4 aromatic rings. The Labute approximate surface area is 175 Å². The zero-order valence-electron chi connectivity index (χ0n) is 17.2. The summed E-state index contributed by atoms with van der Waals surface area (Å²) in [7, 11) is 3.85. The molecule has 5 rings (SSSR count). The number of methoxy groups -OCH3 is 1. The molecule has 0 N–H and O–H groups in total. The monoisotopic (exact) mass is 403 g/mol. The van der Waals surface area contributed by atoms with Gasteiger partial charge in [-0.3, -0.25) is 9.80 Å². The third kappa shape index (κ3) is 3.46. The molecule has 30 heavy (non-hydrogen) atoms. The van der Waals surface area contributed by atoms with Crippen molar-refractivity contribution in [3.8, 4) is 16.9 Å². The van der Waals surface area contributed by atoms with E-state index in [0.717, 1.165) is 60.0 Å². The van der Waals surface area contributed by atoms with E-state index in [-0.39, 0.29) is 6.04 Å². The van der Waals surface area contributed by atoms with Crippen LogP contribution in [0.2, 0.25) is 0 Å². The third-order valence-corrected chi connectivity index (χ3v) is 5.87. The second-order valence-electron chi connectivity index (χ2n) is 7.73. The summed E-state index contributed by atoms with van der Waals surface area (Å²) >= 11 is 0. The van der Waals surface area contributed by atoms with Gasteiger partial charge in [0.05, 0.1) is 31.5 Å². The molecule has 154 valence electrons. The number of hydrogen-bond acceptors (Lipinski definition) is 6. The Morgan fingerprint density at radius 3 is 2.83 bits per heavy atom. The van der Waals surface area contributed by atoms with Crippen molar-refractivity contribution >= 4 is 5.52 Å². The molecule has 7 nitrogen and oxygen atoms in total. The highest BCUT2D eigenvalue weighted by Gasteiger charge is 2.29. The van der Waals surface area contributed by atoms with Crippen molar-refractivity contribution in [3.05, 3.63) is 72.4 Å². The molecular weight excluding hydrogens is 378 g/mol. The summed E-state index contributed by atoms with van der Waals surface area (Å²) < 4.78 is 12.9. The van der Waals surface area contributed by atoms with Crippen molar-refractivity contribution < 1.29 is 9.15 Å². The Morgan fingerprint density at radius 2 is 2.00 bits per heavy atom. The first-order valence-corrected chi connectivity index (χ1v) is 10.2. The van der Waals surface area contributed by atoms with Crippen molar-refractivity contribution in [2.75, 3.05) is 33.8 Å². The van der Waals surface area contributed by atoms with Gasteiger partial charge in [0.1, 0.15) is 17.2 Å². The van der Waals surface area contributed by atoms with E-state index in [1.807, 2.05) is 41.0 Å². The number of hydrogen-bond donors (Lipinski definition) is 0. The van der Waals surface area contributed by atoms with Gasteiger partial charge in [0, 0.05) is 37.0 Å². The normalized spacial score (nSPS) is 18.1. The number of nitrogens with zero attached hydrogens (tertiary/aromatic N) is 5. The van der Waals surface area contributed by atoms with Crippen LogP contribution in [0.1, 0.15) is 17.5 Å². The van der Waals surface area contributed by atoms with Gasteiger partial charge in [-0.15, -0.1) is 5.10 Å². The first kappa shape index (κ1) is 18.8. The van der Waals surface area contributed by atoms with E-state index < -0.39 is 0 Å². The second-order valence-corrected chi connectivity index (χ2v) is 7.73. The number of para-hydroxylation sites is 1. The minimum Gasteiger partial charge on any atom is -0.496 e. The maximum Gasteiger partial charge on any atom is 0.126 e. The number of fused-ring (bicyclic) bond motifs is 1. The SMILES string of the molecule is COc1ccccc1-c1ccc2c([C@H]3CN(Cc4ccco4)CCN3C)nnn2c1. The van der Waals surface area contributed by atoms with Crippen LogP contribution in [0.4, 0.5) is 0 Å². The van der Waals surface area contributed by atoms with Gasteiger partial charge in [0.2, 0.25) is 0 Å². The highest BCUT2D eigenvalue weighted by Crippen LogP contribution is 2.31. The van der Waals surface area contributed by atoms with Gasteiger partial charge in [0.15, 0.2) is 0 Å². The van der Waals surface area contributed by atoms with Gasteiger partial charge in [-0.2, -0.15) is 0 Å². The van der Waals surface area contributed by atoms with E-state index in [9.17, 15) is 0 Å². The molecule has 0 radical (unpaired) electrons. The molecule has 1 fully saturated rings. The average Bonchev–Trinajstić information content (AvgIpc) is 3.44. The van der Waals surface area contributed by atoms with Gasteiger partial charge < -0.3 is 9.15 Å². The van der Waals surface area contributed by atoms with E-state index >= 15 is 0 Å². The highest BCUT2D eigenvalue weighted by atomic mass is 16.5. The fraction of sp³-hybridized carbons (Fsp3) is 0.304. The zero-order chi connectivity index (χ0) is 20.5. The number of benzene rings is 1. The van der Waals surface area contributed by atoms with Gasteiger partial charge in [-0.1, -0.05) is 29.5 Å². The number of pyridine rings is 1. The fourth-order valence-electron chi connectivity index (χ4n) is 4.19. The Kier molecular flexibility index (Phi) is 4.98. The minimum atomic E-state index is 0.184. The number of likely N-dealkylation sites (N-methyl/N-ethyl adjacent to an activating group) is 1. The van der Waals surface area contributed by atoms with Crippen LogP contribution < -0.4 is 4.74 Å². The van der Waals surface area contributed by atoms with E-state index in [1.54, 1.807) is 13.4 Å². The van der Waals surface area contributed by atoms with Crippen LogP contribution in [-0.4, -0.2) is 58.4 Å². The summed E-state index contributed by atoms with van der Waals surface area (Å²) in [5, 5.41) is 9.00. The molecule has 1 aromatic carbocycles. The van der Waals surface area contributed by atoms with Crippen LogP contribution in [-0.2, 0) is 6.54 Å². The lowest BCUT2D eigenvalue weighted by Crippen LogP contribution is -2.46. The van der Waals surface area contributed by atoms with Gasteiger partial charge in [-0.05, 0) is 31.3 Å². The molecule has 0 saturated carbocycles. The molecule has 1 saturated heterocycles. The van der Waals surface area contributed by atoms with Crippen LogP contribution in [0.25, 0.3) is 16.6 Å². The van der Waals surface area contributed by atoms with Crippen molar-refractivity contribution in [1.82, 2.24) is 24.6 Å². The van der Waals surface area contributed by atoms with Gasteiger partial charge in [0.25, 0.3) is 0 Å². The Balaban J connectivity index is 1.44. The summed E-state index contributed by atoms with van der Waals surface area (Å²) in [5.74, 6) is 1.84. The van der Waals surface area contributed by atoms with Crippen molar-refractivity contribution in [1.29, 1.82) is 0 Å². The maximum absolute atomic E-state index is 5.54. The molecule has 0 aliphatic carbocycles. The fourth-order valence-corrected chi connectivity index (χ4v) is 4.19. The topological polar surface area (TPSA) is 59.0 Å². The first-order valence-electron chi connectivity index (χ1n) is 10.2. The standard InChI is InChI=1S/C23H25N5O2/c1-26-11-12-27(15-18-6-5-13-30-18)16-21(26)23-20-10-9-17(14-28(20)25-24-23)19-7-3-4-8-22(19)29-2/h3-10,13-14,21H,11-12,15-16H2,1-2H3/t21-/m1/s1. The van der Waals surface area contributed by atoms with E-state index in [1.165, 1.54) is 0 Å². The number of piperazine rings is 1. The quantitative estimate of drug-likeness (QED) is 0.508. The van der Waals surface area contributed by atoms with E-state index in [4.69, 9.17) is 9.15 Å². The maximum atomic E-state index is 5.54. The lowest BCUT2D eigenvalue weighted by atomic mass is 10.0. The van der Waals surface area contributed by atoms with Crippen LogP contribution in [0.3, 0.4) is 0 Å². The van der Waals surface area contributed by atoms with Crippen LogP contribution in [0.15, 0.2) is 65.4 Å². The lowest BCUT2D eigenvalue weighted by molar-refractivity contribution is 0.0840. The summed E-state index contributed by atoms with van der Waals surface area (Å²) in [6, 6.07) is 16.4. The summed E-state index contributed by atoms with van der Waals surface area (Å²) in [6.07, 6.45) is 3.75. The summed E-state index contributed by atoms with van der Waals surface area (Å²) in [4.78, 5) is 4.77. The average molecular weight is 403 g/mol. The van der Waals surface area contributed by atoms with E-state index in [2.05, 4.69) is 45.4 Å². The van der Waals surface area contributed by atoms with E-state index in [0.29, 0.717) is 0 Å². The van der Waals surface area contributed by atoms with Crippen LogP contribution in [0, 0.1) is 0 Å². The Hall–Kier alpha value is -3.16. The largest absolute Gasteiger partial charge is 0.496 e.